The molecule has 110 valence electrons. The number of aryl methyl sites for hydroxylation is 2. The summed E-state index contributed by atoms with van der Waals surface area (Å²) < 4.78 is 0. The van der Waals surface area contributed by atoms with Gasteiger partial charge >= 0.3 is 0 Å². The molecular formula is C15H18N4O2. The molecule has 6 nitrogen and oxygen atoms in total. The molecule has 0 aliphatic rings. The van der Waals surface area contributed by atoms with Crippen LogP contribution in [0.2, 0.25) is 0 Å². The third-order valence-electron chi connectivity index (χ3n) is 3.01. The van der Waals surface area contributed by atoms with Gasteiger partial charge in [0.25, 0.3) is 0 Å². The van der Waals surface area contributed by atoms with Crippen molar-refractivity contribution in [2.24, 2.45) is 5.73 Å². The lowest BCUT2D eigenvalue weighted by Gasteiger charge is -2.02. The average Bonchev–Trinajstić information content (AvgIpc) is 2.91. The fourth-order valence-electron chi connectivity index (χ4n) is 1.90. The Hall–Kier alpha value is -2.63. The fraction of sp³-hybridized carbons (Fsp3) is 0.267. The van der Waals surface area contributed by atoms with E-state index in [0.29, 0.717) is 25.2 Å². The number of benzene rings is 1. The summed E-state index contributed by atoms with van der Waals surface area (Å²) in [5.41, 5.74) is 6.97. The summed E-state index contributed by atoms with van der Waals surface area (Å²) in [6, 6.07) is 9.82. The molecule has 2 aromatic rings. The summed E-state index contributed by atoms with van der Waals surface area (Å²) in [5, 5.41) is 2.70. The van der Waals surface area contributed by atoms with Crippen molar-refractivity contribution < 1.29 is 9.59 Å². The number of rotatable bonds is 7. The van der Waals surface area contributed by atoms with Gasteiger partial charge in [0.1, 0.15) is 0 Å². The predicted octanol–water partition coefficient (Wildman–Crippen LogP) is 1.40. The van der Waals surface area contributed by atoms with E-state index in [1.54, 1.807) is 6.20 Å². The van der Waals surface area contributed by atoms with Gasteiger partial charge in [0.05, 0.1) is 6.20 Å². The molecule has 21 heavy (non-hydrogen) atoms. The van der Waals surface area contributed by atoms with Crippen molar-refractivity contribution in [3.05, 3.63) is 47.8 Å². The molecular weight excluding hydrogens is 268 g/mol. The topological polar surface area (TPSA) is 101 Å². The Kier molecular flexibility index (Phi) is 5.09. The first-order valence-electron chi connectivity index (χ1n) is 6.79. The molecule has 0 bridgehead atoms. The highest BCUT2D eigenvalue weighted by Crippen LogP contribution is 2.07. The van der Waals surface area contributed by atoms with Crippen molar-refractivity contribution in [1.29, 1.82) is 0 Å². The Bertz CT molecular complexity index is 607. The molecule has 0 aliphatic carbocycles. The number of carbonyl (C=O) groups is 2. The maximum absolute atomic E-state index is 11.8. The number of nitrogens with zero attached hydrogens (tertiary/aromatic N) is 1. The number of nitrogens with two attached hydrogens (primary N) is 1. The largest absolute Gasteiger partial charge is 0.370 e. The molecule has 0 radical (unpaired) electrons. The van der Waals surface area contributed by atoms with Gasteiger partial charge in [0.15, 0.2) is 0 Å². The van der Waals surface area contributed by atoms with Crippen molar-refractivity contribution in [2.45, 2.75) is 25.7 Å². The maximum atomic E-state index is 11.8. The van der Waals surface area contributed by atoms with E-state index >= 15 is 0 Å². The van der Waals surface area contributed by atoms with Gasteiger partial charge in [-0.1, -0.05) is 30.3 Å². The molecule has 1 aromatic carbocycles. The summed E-state index contributed by atoms with van der Waals surface area (Å²) in [6.45, 7) is 0. The Morgan fingerprint density at radius 1 is 1.14 bits per heavy atom. The van der Waals surface area contributed by atoms with Gasteiger partial charge < -0.3 is 10.7 Å². The van der Waals surface area contributed by atoms with Crippen LogP contribution in [0.25, 0.3) is 0 Å². The van der Waals surface area contributed by atoms with Gasteiger partial charge in [-0.15, -0.1) is 0 Å². The summed E-state index contributed by atoms with van der Waals surface area (Å²) in [5.74, 6) is -0.0692. The van der Waals surface area contributed by atoms with E-state index in [2.05, 4.69) is 15.3 Å². The Labute approximate surface area is 122 Å². The van der Waals surface area contributed by atoms with E-state index in [0.717, 1.165) is 11.3 Å². The predicted molar refractivity (Wildman–Crippen MR) is 79.5 cm³/mol. The minimum atomic E-state index is -0.363. The number of nitrogens with one attached hydrogen (secondary N) is 2. The monoisotopic (exact) mass is 286 g/mol. The number of imidazole rings is 1. The lowest BCUT2D eigenvalue weighted by molar-refractivity contribution is -0.118. The van der Waals surface area contributed by atoms with Crippen LogP contribution >= 0.6 is 0 Å². The van der Waals surface area contributed by atoms with Crippen LogP contribution in [0, 0.1) is 0 Å². The minimum absolute atomic E-state index is 0.102. The molecule has 2 rings (SSSR count). The SMILES string of the molecule is NC(=O)CCc1cnc(NC(=O)CCc2ccccc2)[nH]1. The second-order valence-corrected chi connectivity index (χ2v) is 4.76. The number of anilines is 1. The van der Waals surface area contributed by atoms with Gasteiger partial charge in [-0.3, -0.25) is 14.9 Å². The van der Waals surface area contributed by atoms with E-state index < -0.39 is 0 Å². The number of amides is 2. The number of H-pyrrole nitrogens is 1. The standard InChI is InChI=1S/C15H18N4O2/c16-13(20)8-7-12-10-17-15(18-12)19-14(21)9-6-11-4-2-1-3-5-11/h1-5,10H,6-9H2,(H2,16,20)(H2,17,18,19,21). The van der Waals surface area contributed by atoms with Crippen LogP contribution in [-0.2, 0) is 22.4 Å². The highest BCUT2D eigenvalue weighted by molar-refractivity contribution is 5.89. The van der Waals surface area contributed by atoms with E-state index in [4.69, 9.17) is 5.73 Å². The van der Waals surface area contributed by atoms with Crippen LogP contribution in [-0.4, -0.2) is 21.8 Å². The lowest BCUT2D eigenvalue weighted by atomic mass is 10.1. The molecule has 0 unspecified atom stereocenters. The van der Waals surface area contributed by atoms with Crippen molar-refractivity contribution in [3.63, 3.8) is 0 Å². The number of primary amides is 1. The van der Waals surface area contributed by atoms with E-state index in [-0.39, 0.29) is 18.2 Å². The van der Waals surface area contributed by atoms with Crippen molar-refractivity contribution in [3.8, 4) is 0 Å². The lowest BCUT2D eigenvalue weighted by Crippen LogP contribution is -2.13. The smallest absolute Gasteiger partial charge is 0.227 e. The first-order chi connectivity index (χ1) is 10.1. The maximum Gasteiger partial charge on any atom is 0.227 e. The molecule has 0 spiro atoms. The third kappa shape index (κ3) is 5.10. The number of carbonyl (C=O) groups excluding carboxylic acids is 2. The van der Waals surface area contributed by atoms with Crippen molar-refractivity contribution >= 4 is 17.8 Å². The van der Waals surface area contributed by atoms with Crippen molar-refractivity contribution in [2.75, 3.05) is 5.32 Å². The van der Waals surface area contributed by atoms with Crippen LogP contribution in [0.4, 0.5) is 5.95 Å². The molecule has 6 heteroatoms. The summed E-state index contributed by atoms with van der Waals surface area (Å²) in [6.07, 6.45) is 3.41. The highest BCUT2D eigenvalue weighted by atomic mass is 16.2. The summed E-state index contributed by atoms with van der Waals surface area (Å²) in [7, 11) is 0. The quantitative estimate of drug-likeness (QED) is 0.717. The zero-order valence-electron chi connectivity index (χ0n) is 11.6. The van der Waals surface area contributed by atoms with Crippen LogP contribution in [0.5, 0.6) is 0 Å². The van der Waals surface area contributed by atoms with Crippen molar-refractivity contribution in [1.82, 2.24) is 9.97 Å². The second-order valence-electron chi connectivity index (χ2n) is 4.76. The average molecular weight is 286 g/mol. The normalized spacial score (nSPS) is 10.3. The molecule has 0 atom stereocenters. The highest BCUT2D eigenvalue weighted by Gasteiger charge is 2.07. The van der Waals surface area contributed by atoms with Crippen LogP contribution in [0.3, 0.4) is 0 Å². The van der Waals surface area contributed by atoms with Gasteiger partial charge in [0.2, 0.25) is 17.8 Å². The van der Waals surface area contributed by atoms with Gasteiger partial charge in [0, 0.05) is 18.5 Å². The van der Waals surface area contributed by atoms with E-state index in [1.807, 2.05) is 30.3 Å². The summed E-state index contributed by atoms with van der Waals surface area (Å²) in [4.78, 5) is 29.5. The van der Waals surface area contributed by atoms with Crippen LogP contribution in [0.1, 0.15) is 24.1 Å². The Balaban J connectivity index is 1.78. The minimum Gasteiger partial charge on any atom is -0.370 e. The zero-order chi connectivity index (χ0) is 15.1. The van der Waals surface area contributed by atoms with Gasteiger partial charge in [-0.2, -0.15) is 0 Å². The summed E-state index contributed by atoms with van der Waals surface area (Å²) >= 11 is 0. The first-order valence-corrected chi connectivity index (χ1v) is 6.79. The molecule has 1 heterocycles. The first kappa shape index (κ1) is 14.8. The molecule has 0 fully saturated rings. The molecule has 1 aromatic heterocycles. The molecule has 4 N–H and O–H groups in total. The van der Waals surface area contributed by atoms with E-state index in [9.17, 15) is 9.59 Å². The molecule has 0 saturated carbocycles. The Morgan fingerprint density at radius 3 is 2.62 bits per heavy atom. The van der Waals surface area contributed by atoms with Gasteiger partial charge in [-0.25, -0.2) is 4.98 Å². The van der Waals surface area contributed by atoms with Crippen LogP contribution < -0.4 is 11.1 Å². The molecule has 2 amide bonds. The second kappa shape index (κ2) is 7.23. The zero-order valence-corrected chi connectivity index (χ0v) is 11.6. The number of hydrogen-bond donors (Lipinski definition) is 3. The van der Waals surface area contributed by atoms with Crippen LogP contribution in [0.15, 0.2) is 36.5 Å². The number of aromatic nitrogens is 2. The molecule has 0 aliphatic heterocycles. The van der Waals surface area contributed by atoms with E-state index in [1.165, 1.54) is 0 Å². The number of hydrogen-bond acceptors (Lipinski definition) is 3. The third-order valence-corrected chi connectivity index (χ3v) is 3.01. The fourth-order valence-corrected chi connectivity index (χ4v) is 1.90. The van der Waals surface area contributed by atoms with Gasteiger partial charge in [-0.05, 0) is 18.4 Å². The molecule has 0 saturated heterocycles. The Morgan fingerprint density at radius 2 is 1.90 bits per heavy atom. The number of aromatic amines is 1.